The van der Waals surface area contributed by atoms with Crippen molar-refractivity contribution < 1.29 is 18.3 Å². The number of ether oxygens (including phenoxy) is 1. The van der Waals surface area contributed by atoms with E-state index in [1.54, 1.807) is 59.4 Å². The van der Waals surface area contributed by atoms with E-state index in [0.29, 0.717) is 12.9 Å². The molecule has 0 fully saturated rings. The minimum atomic E-state index is -0.120. The molecule has 0 aromatic heterocycles. The van der Waals surface area contributed by atoms with E-state index in [2.05, 4.69) is 23.6 Å². The van der Waals surface area contributed by atoms with Crippen molar-refractivity contribution >= 4 is 11.5 Å². The molecule has 0 bridgehead atoms. The van der Waals surface area contributed by atoms with Crippen LogP contribution in [-0.2, 0) is 9.53 Å². The van der Waals surface area contributed by atoms with Crippen LogP contribution >= 0.6 is 0 Å². The zero-order chi connectivity index (χ0) is 23.4. The van der Waals surface area contributed by atoms with E-state index in [9.17, 15) is 13.6 Å². The van der Waals surface area contributed by atoms with Crippen molar-refractivity contribution in [1.82, 2.24) is 5.32 Å². The predicted molar refractivity (Wildman–Crippen MR) is 121 cm³/mol. The molecule has 0 saturated heterocycles. The monoisotopic (exact) mass is 404 g/mol. The highest BCUT2D eigenvalue weighted by Gasteiger charge is 2.05. The SMILES string of the molecule is C/C=C(\C)F.C=C/C=C\C(C)=N.CC/C=C/OC.CC[C@H](NC)C(C)=O.CF. The van der Waals surface area contributed by atoms with E-state index in [-0.39, 0.29) is 17.7 Å². The number of ketones is 1. The molecule has 0 rings (SSSR count). The Morgan fingerprint density at radius 2 is 1.71 bits per heavy atom. The maximum atomic E-state index is 11.3. The predicted octanol–water partition coefficient (Wildman–Crippen LogP) is 6.36. The Labute approximate surface area is 172 Å². The van der Waals surface area contributed by atoms with Gasteiger partial charge in [0, 0.05) is 5.71 Å². The van der Waals surface area contributed by atoms with E-state index in [1.165, 1.54) is 13.0 Å². The molecular formula is C22H42F2N2O2. The smallest absolute Gasteiger partial charge is 0.146 e. The van der Waals surface area contributed by atoms with Gasteiger partial charge in [0.25, 0.3) is 0 Å². The molecule has 0 aliphatic rings. The molecule has 28 heavy (non-hydrogen) atoms. The van der Waals surface area contributed by atoms with Crippen molar-refractivity contribution in [2.75, 3.05) is 21.3 Å². The average molecular weight is 405 g/mol. The number of allylic oxidation sites excluding steroid dienone is 6. The van der Waals surface area contributed by atoms with Crippen molar-refractivity contribution in [1.29, 1.82) is 5.41 Å². The lowest BCUT2D eigenvalue weighted by Gasteiger charge is -2.07. The third-order valence-corrected chi connectivity index (χ3v) is 2.60. The van der Waals surface area contributed by atoms with Crippen LogP contribution in [0.1, 0.15) is 54.4 Å². The molecule has 1 atom stereocenters. The van der Waals surface area contributed by atoms with Crippen LogP contribution in [0.25, 0.3) is 0 Å². The number of alkyl halides is 1. The molecule has 0 saturated carbocycles. The summed E-state index contributed by atoms with van der Waals surface area (Å²) in [5.74, 6) is 0.0972. The first-order chi connectivity index (χ1) is 13.2. The van der Waals surface area contributed by atoms with E-state index in [0.717, 1.165) is 12.8 Å². The highest BCUT2D eigenvalue weighted by atomic mass is 19.1. The van der Waals surface area contributed by atoms with Crippen LogP contribution in [-0.4, -0.2) is 38.9 Å². The fourth-order valence-corrected chi connectivity index (χ4v) is 1.10. The van der Waals surface area contributed by atoms with Crippen LogP contribution in [0.4, 0.5) is 8.78 Å². The van der Waals surface area contributed by atoms with Crippen molar-refractivity contribution in [2.45, 2.75) is 60.4 Å². The standard InChI is InChI=1S/C6H13NO.C6H9N.C5H10O.C4H7F.CH3F/c1-4-6(7-3)5(2)8;1-3-4-5-6(2)7;1-3-4-5-6-2;1-3-4(2)5;1-2/h6-7H,4H2,1-3H3;3-5,7H,1H2,2H3;4-5H,3H2,1-2H3;3H,1-2H3;1H3/b;5-4-,7-6?;5-4+;4-3+;/t6-;;;;/m0..../s1. The van der Waals surface area contributed by atoms with Gasteiger partial charge in [-0.15, -0.1) is 0 Å². The molecular weight excluding hydrogens is 362 g/mol. The first-order valence-electron chi connectivity index (χ1n) is 9.04. The number of likely N-dealkylation sites (N-methyl/N-ethyl adjacent to an activating group) is 1. The molecule has 0 aliphatic heterocycles. The third-order valence-electron chi connectivity index (χ3n) is 2.60. The van der Waals surface area contributed by atoms with Gasteiger partial charge in [-0.25, -0.2) is 4.39 Å². The van der Waals surface area contributed by atoms with Gasteiger partial charge in [-0.2, -0.15) is 0 Å². The fraction of sp³-hybridized carbons (Fsp3) is 0.545. The third kappa shape index (κ3) is 56.4. The Morgan fingerprint density at radius 1 is 1.25 bits per heavy atom. The zero-order valence-corrected chi connectivity index (χ0v) is 19.2. The lowest BCUT2D eigenvalue weighted by molar-refractivity contribution is -0.118. The lowest BCUT2D eigenvalue weighted by Crippen LogP contribution is -2.31. The summed E-state index contributed by atoms with van der Waals surface area (Å²) in [4.78, 5) is 10.5. The van der Waals surface area contributed by atoms with Crippen LogP contribution in [0.2, 0.25) is 0 Å². The Hall–Kier alpha value is -2.08. The average Bonchev–Trinajstić information content (AvgIpc) is 2.68. The van der Waals surface area contributed by atoms with Crippen molar-refractivity contribution in [3.05, 3.63) is 49.0 Å². The Bertz CT molecular complexity index is 418. The number of methoxy groups -OCH3 is 1. The molecule has 2 N–H and O–H groups in total. The van der Waals surface area contributed by atoms with Crippen LogP contribution in [0, 0.1) is 5.41 Å². The molecule has 0 heterocycles. The molecule has 6 heteroatoms. The summed E-state index contributed by atoms with van der Waals surface area (Å²) < 4.78 is 25.4. The molecule has 166 valence electrons. The molecule has 0 aliphatic carbocycles. The highest BCUT2D eigenvalue weighted by Crippen LogP contribution is 1.89. The number of Topliss-reactive ketones (excluding diaryl/α,β-unsaturated/α-hetero) is 1. The number of hydrogen-bond donors (Lipinski definition) is 2. The van der Waals surface area contributed by atoms with Crippen molar-refractivity contribution in [2.24, 2.45) is 0 Å². The van der Waals surface area contributed by atoms with Gasteiger partial charge in [0.1, 0.15) is 5.78 Å². The maximum Gasteiger partial charge on any atom is 0.146 e. The van der Waals surface area contributed by atoms with Crippen LogP contribution in [0.5, 0.6) is 0 Å². The lowest BCUT2D eigenvalue weighted by atomic mass is 10.1. The first kappa shape index (κ1) is 36.8. The van der Waals surface area contributed by atoms with Crippen LogP contribution < -0.4 is 5.32 Å². The molecule has 0 aromatic carbocycles. The summed E-state index contributed by atoms with van der Waals surface area (Å²) in [6, 6.07) is 0.0648. The van der Waals surface area contributed by atoms with Crippen LogP contribution in [0.3, 0.4) is 0 Å². The van der Waals surface area contributed by atoms with E-state index in [4.69, 9.17) is 5.41 Å². The molecule has 0 unspecified atom stereocenters. The minimum absolute atomic E-state index is 0.0648. The first-order valence-corrected chi connectivity index (χ1v) is 9.04. The molecule has 0 radical (unpaired) electrons. The quantitative estimate of drug-likeness (QED) is 0.295. The number of rotatable bonds is 7. The number of carbonyl (C=O) groups excluding carboxylic acids is 1. The molecule has 0 amide bonds. The van der Waals surface area contributed by atoms with Gasteiger partial charge in [0.05, 0.1) is 32.4 Å². The Balaban J connectivity index is -0.0000000824. The summed E-state index contributed by atoms with van der Waals surface area (Å²) >= 11 is 0. The van der Waals surface area contributed by atoms with E-state index >= 15 is 0 Å². The topological polar surface area (TPSA) is 62.2 Å². The van der Waals surface area contributed by atoms with Crippen molar-refractivity contribution in [3.63, 3.8) is 0 Å². The largest absolute Gasteiger partial charge is 0.505 e. The van der Waals surface area contributed by atoms with E-state index in [1.807, 2.05) is 13.0 Å². The van der Waals surface area contributed by atoms with Gasteiger partial charge >= 0.3 is 0 Å². The van der Waals surface area contributed by atoms with Gasteiger partial charge < -0.3 is 15.5 Å². The number of hydrogen-bond acceptors (Lipinski definition) is 4. The van der Waals surface area contributed by atoms with Crippen LogP contribution in [0.15, 0.2) is 49.0 Å². The van der Waals surface area contributed by atoms with Gasteiger partial charge in [0.2, 0.25) is 0 Å². The summed E-state index contributed by atoms with van der Waals surface area (Å²) in [6.45, 7) is 13.9. The number of carbonyl (C=O) groups is 1. The zero-order valence-electron chi connectivity index (χ0n) is 19.2. The summed E-state index contributed by atoms with van der Waals surface area (Å²) in [5, 5.41) is 9.76. The van der Waals surface area contributed by atoms with Crippen molar-refractivity contribution in [3.8, 4) is 0 Å². The molecule has 0 spiro atoms. The molecule has 4 nitrogen and oxygen atoms in total. The minimum Gasteiger partial charge on any atom is -0.505 e. The van der Waals surface area contributed by atoms with Gasteiger partial charge in [0.15, 0.2) is 0 Å². The summed E-state index contributed by atoms with van der Waals surface area (Å²) in [7, 11) is 3.95. The summed E-state index contributed by atoms with van der Waals surface area (Å²) in [5.41, 5.74) is 0.555. The Kier molecular flexibility index (Phi) is 47.2. The van der Waals surface area contributed by atoms with Gasteiger partial charge in [-0.3, -0.25) is 9.18 Å². The second-order valence-electron chi connectivity index (χ2n) is 5.03. The second kappa shape index (κ2) is 35.9. The molecule has 0 aromatic rings. The maximum absolute atomic E-state index is 11.3. The van der Waals surface area contributed by atoms with E-state index < -0.39 is 0 Å². The Morgan fingerprint density at radius 3 is 1.79 bits per heavy atom. The number of nitrogens with one attached hydrogen (secondary N) is 2. The second-order valence-corrected chi connectivity index (χ2v) is 5.03. The van der Waals surface area contributed by atoms with Gasteiger partial charge in [-0.1, -0.05) is 44.7 Å². The number of halogens is 2. The van der Waals surface area contributed by atoms with Gasteiger partial charge in [-0.05, 0) is 53.7 Å². The summed E-state index contributed by atoms with van der Waals surface area (Å²) in [6.07, 6.45) is 12.1. The fourth-order valence-electron chi connectivity index (χ4n) is 1.10. The highest BCUT2D eigenvalue weighted by molar-refractivity contribution is 5.90. The normalized spacial score (nSPS) is 10.6.